The molecule has 0 bridgehead atoms. The molecule has 2 amide bonds. The molecule has 0 unspecified atom stereocenters. The van der Waals surface area contributed by atoms with Crippen molar-refractivity contribution in [1.82, 2.24) is 9.80 Å². The Morgan fingerprint density at radius 3 is 2.34 bits per heavy atom. The Hall–Kier alpha value is -3.21. The SMILES string of the molecule is O=C(CN1CCN(C(=O)COc2ccc(F)cc2F)CC1)Nc1ccccc1C(F)(F)F. The van der Waals surface area contributed by atoms with E-state index < -0.39 is 41.8 Å². The van der Waals surface area contributed by atoms with Gasteiger partial charge < -0.3 is 15.0 Å². The summed E-state index contributed by atoms with van der Waals surface area (Å²) in [5.41, 5.74) is -1.25. The van der Waals surface area contributed by atoms with Gasteiger partial charge in [0.15, 0.2) is 18.2 Å². The molecule has 0 radical (unpaired) electrons. The molecule has 1 heterocycles. The van der Waals surface area contributed by atoms with Crippen LogP contribution in [0.15, 0.2) is 42.5 Å². The van der Waals surface area contributed by atoms with Gasteiger partial charge in [-0.2, -0.15) is 13.2 Å². The smallest absolute Gasteiger partial charge is 0.418 e. The lowest BCUT2D eigenvalue weighted by atomic mass is 10.1. The third-order valence-corrected chi connectivity index (χ3v) is 4.84. The minimum atomic E-state index is -4.59. The van der Waals surface area contributed by atoms with Crippen molar-refractivity contribution in [2.45, 2.75) is 6.18 Å². The number of piperazine rings is 1. The van der Waals surface area contributed by atoms with Crippen LogP contribution in [-0.4, -0.2) is 60.9 Å². The van der Waals surface area contributed by atoms with Gasteiger partial charge in [-0.15, -0.1) is 0 Å². The highest BCUT2D eigenvalue weighted by molar-refractivity contribution is 5.93. The molecule has 1 aliphatic heterocycles. The molecule has 0 saturated carbocycles. The Balaban J connectivity index is 1.45. The summed E-state index contributed by atoms with van der Waals surface area (Å²) in [4.78, 5) is 27.6. The van der Waals surface area contributed by atoms with Crippen LogP contribution in [0.2, 0.25) is 0 Å². The molecule has 172 valence electrons. The number of ether oxygens (including phenoxy) is 1. The molecule has 3 rings (SSSR count). The molecule has 1 N–H and O–H groups in total. The van der Waals surface area contributed by atoms with Crippen molar-refractivity contribution in [2.75, 3.05) is 44.6 Å². The van der Waals surface area contributed by atoms with Crippen molar-refractivity contribution >= 4 is 17.5 Å². The summed E-state index contributed by atoms with van der Waals surface area (Å²) >= 11 is 0. The Morgan fingerprint density at radius 1 is 1.00 bits per heavy atom. The Morgan fingerprint density at radius 2 is 1.69 bits per heavy atom. The lowest BCUT2D eigenvalue weighted by Crippen LogP contribution is -2.51. The average Bonchev–Trinajstić information content (AvgIpc) is 2.73. The fraction of sp³-hybridized carbons (Fsp3) is 0.333. The number of hydrogen-bond donors (Lipinski definition) is 1. The fourth-order valence-corrected chi connectivity index (χ4v) is 3.21. The first-order chi connectivity index (χ1) is 15.1. The van der Waals surface area contributed by atoms with Gasteiger partial charge in [0.2, 0.25) is 5.91 Å². The second-order valence-electron chi connectivity index (χ2n) is 7.11. The summed E-state index contributed by atoms with van der Waals surface area (Å²) in [5, 5.41) is 2.28. The highest BCUT2D eigenvalue weighted by atomic mass is 19.4. The quantitative estimate of drug-likeness (QED) is 0.678. The standard InChI is InChI=1S/C21H20F5N3O3/c22-14-5-6-18(16(23)11-14)32-13-20(31)29-9-7-28(8-10-29)12-19(30)27-17-4-2-1-3-15(17)21(24,25)26/h1-6,11H,7-10,12-13H2,(H,27,30). The summed E-state index contributed by atoms with van der Waals surface area (Å²) in [7, 11) is 0. The largest absolute Gasteiger partial charge is 0.481 e. The molecule has 1 aliphatic rings. The van der Waals surface area contributed by atoms with Gasteiger partial charge in [0, 0.05) is 32.2 Å². The van der Waals surface area contributed by atoms with Crippen LogP contribution in [0, 0.1) is 11.6 Å². The highest BCUT2D eigenvalue weighted by Gasteiger charge is 2.33. The first-order valence-electron chi connectivity index (χ1n) is 9.67. The van der Waals surface area contributed by atoms with Crippen LogP contribution in [0.1, 0.15) is 5.56 Å². The fourth-order valence-electron chi connectivity index (χ4n) is 3.21. The normalized spacial score (nSPS) is 14.8. The Bertz CT molecular complexity index is 975. The Labute approximate surface area is 180 Å². The van der Waals surface area contributed by atoms with Crippen LogP contribution in [0.5, 0.6) is 5.75 Å². The van der Waals surface area contributed by atoms with Gasteiger partial charge >= 0.3 is 6.18 Å². The van der Waals surface area contributed by atoms with Crippen molar-refractivity contribution in [3.05, 3.63) is 59.7 Å². The average molecular weight is 457 g/mol. The molecule has 1 fully saturated rings. The number of hydrogen-bond acceptors (Lipinski definition) is 4. The number of nitrogens with zero attached hydrogens (tertiary/aromatic N) is 2. The first-order valence-corrected chi connectivity index (χ1v) is 9.67. The summed E-state index contributed by atoms with van der Waals surface area (Å²) in [6.07, 6.45) is -4.59. The van der Waals surface area contributed by atoms with Crippen molar-refractivity contribution in [2.24, 2.45) is 0 Å². The number of alkyl halides is 3. The van der Waals surface area contributed by atoms with E-state index in [1.54, 1.807) is 4.90 Å². The summed E-state index contributed by atoms with van der Waals surface area (Å²) in [6, 6.07) is 7.46. The summed E-state index contributed by atoms with van der Waals surface area (Å²) in [5.74, 6) is -2.92. The number of anilines is 1. The number of benzene rings is 2. The van der Waals surface area contributed by atoms with Gasteiger partial charge in [-0.1, -0.05) is 12.1 Å². The van der Waals surface area contributed by atoms with Crippen LogP contribution in [-0.2, 0) is 15.8 Å². The van der Waals surface area contributed by atoms with Gasteiger partial charge in [-0.25, -0.2) is 8.78 Å². The number of carbonyl (C=O) groups is 2. The number of rotatable bonds is 6. The van der Waals surface area contributed by atoms with Gasteiger partial charge in [-0.3, -0.25) is 14.5 Å². The number of nitrogens with one attached hydrogen (secondary N) is 1. The van der Waals surface area contributed by atoms with Gasteiger partial charge in [-0.05, 0) is 24.3 Å². The molecule has 32 heavy (non-hydrogen) atoms. The van der Waals surface area contributed by atoms with E-state index in [-0.39, 0.29) is 31.1 Å². The van der Waals surface area contributed by atoms with E-state index in [4.69, 9.17) is 4.74 Å². The van der Waals surface area contributed by atoms with Crippen molar-refractivity contribution in [1.29, 1.82) is 0 Å². The van der Waals surface area contributed by atoms with Crippen molar-refractivity contribution < 1.29 is 36.3 Å². The zero-order valence-electron chi connectivity index (χ0n) is 16.8. The molecule has 11 heteroatoms. The number of carbonyl (C=O) groups excluding carboxylic acids is 2. The molecular weight excluding hydrogens is 437 g/mol. The minimum absolute atomic E-state index is 0.133. The summed E-state index contributed by atoms with van der Waals surface area (Å²) in [6.45, 7) is 0.611. The second-order valence-corrected chi connectivity index (χ2v) is 7.11. The zero-order chi connectivity index (χ0) is 23.3. The van der Waals surface area contributed by atoms with Gasteiger partial charge in [0.05, 0.1) is 17.8 Å². The van der Waals surface area contributed by atoms with E-state index >= 15 is 0 Å². The molecule has 0 spiro atoms. The van der Waals surface area contributed by atoms with E-state index in [1.807, 2.05) is 0 Å². The lowest BCUT2D eigenvalue weighted by molar-refractivity contribution is -0.137. The molecular formula is C21H20F5N3O3. The number of para-hydroxylation sites is 1. The third-order valence-electron chi connectivity index (χ3n) is 4.84. The molecule has 0 atom stereocenters. The van der Waals surface area contributed by atoms with Crippen LogP contribution in [0.25, 0.3) is 0 Å². The lowest BCUT2D eigenvalue weighted by Gasteiger charge is -2.34. The van der Waals surface area contributed by atoms with Gasteiger partial charge in [0.1, 0.15) is 5.82 Å². The molecule has 2 aromatic rings. The topological polar surface area (TPSA) is 61.9 Å². The van der Waals surface area contributed by atoms with E-state index in [0.717, 1.165) is 18.2 Å². The van der Waals surface area contributed by atoms with Crippen LogP contribution >= 0.6 is 0 Å². The maximum absolute atomic E-state index is 13.6. The molecule has 6 nitrogen and oxygen atoms in total. The number of halogens is 5. The molecule has 2 aromatic carbocycles. The third kappa shape index (κ3) is 6.16. The zero-order valence-corrected chi connectivity index (χ0v) is 16.8. The van der Waals surface area contributed by atoms with Crippen molar-refractivity contribution in [3.63, 3.8) is 0 Å². The first kappa shape index (κ1) is 23.5. The van der Waals surface area contributed by atoms with Crippen LogP contribution < -0.4 is 10.1 Å². The molecule has 1 saturated heterocycles. The van der Waals surface area contributed by atoms with Crippen molar-refractivity contribution in [3.8, 4) is 5.75 Å². The van der Waals surface area contributed by atoms with E-state index in [2.05, 4.69) is 5.32 Å². The number of amides is 2. The maximum Gasteiger partial charge on any atom is 0.418 e. The van der Waals surface area contributed by atoms with E-state index in [1.165, 1.54) is 23.1 Å². The molecule has 0 aliphatic carbocycles. The highest BCUT2D eigenvalue weighted by Crippen LogP contribution is 2.34. The second kappa shape index (κ2) is 9.94. The minimum Gasteiger partial charge on any atom is -0.481 e. The molecule has 0 aromatic heterocycles. The van der Waals surface area contributed by atoms with Crippen LogP contribution in [0.3, 0.4) is 0 Å². The van der Waals surface area contributed by atoms with Gasteiger partial charge in [0.25, 0.3) is 5.91 Å². The summed E-state index contributed by atoms with van der Waals surface area (Å²) < 4.78 is 70.7. The predicted molar refractivity (Wildman–Crippen MR) is 105 cm³/mol. The van der Waals surface area contributed by atoms with Crippen LogP contribution in [0.4, 0.5) is 27.6 Å². The predicted octanol–water partition coefficient (Wildman–Crippen LogP) is 3.15. The Kier molecular flexibility index (Phi) is 7.29. The van der Waals surface area contributed by atoms with E-state index in [9.17, 15) is 31.5 Å². The maximum atomic E-state index is 13.6. The monoisotopic (exact) mass is 457 g/mol. The van der Waals surface area contributed by atoms with E-state index in [0.29, 0.717) is 19.2 Å².